The van der Waals surface area contributed by atoms with Crippen LogP contribution in [0.15, 0.2) is 30.6 Å². The van der Waals surface area contributed by atoms with Gasteiger partial charge in [0.2, 0.25) is 0 Å². The SMILES string of the molecule is FC(F)(F)c1cncc2cc(C3CCCCN3)ccc12. The van der Waals surface area contributed by atoms with Crippen molar-refractivity contribution in [2.24, 2.45) is 0 Å². The molecule has 1 aromatic heterocycles. The van der Waals surface area contributed by atoms with Gasteiger partial charge in [-0.1, -0.05) is 18.6 Å². The summed E-state index contributed by atoms with van der Waals surface area (Å²) in [6.45, 7) is 0.962. The van der Waals surface area contributed by atoms with Crippen molar-refractivity contribution in [1.29, 1.82) is 0 Å². The van der Waals surface area contributed by atoms with Gasteiger partial charge in [0.25, 0.3) is 0 Å². The number of nitrogens with one attached hydrogen (secondary N) is 1. The molecule has 2 nitrogen and oxygen atoms in total. The number of benzene rings is 1. The summed E-state index contributed by atoms with van der Waals surface area (Å²) in [4.78, 5) is 3.73. The van der Waals surface area contributed by atoms with Crippen molar-refractivity contribution in [3.8, 4) is 0 Å². The smallest absolute Gasteiger partial charge is 0.310 e. The van der Waals surface area contributed by atoms with Gasteiger partial charge in [-0.15, -0.1) is 0 Å². The molecule has 0 aliphatic carbocycles. The lowest BCUT2D eigenvalue weighted by atomic mass is 9.95. The van der Waals surface area contributed by atoms with Gasteiger partial charge < -0.3 is 5.32 Å². The lowest BCUT2D eigenvalue weighted by molar-refractivity contribution is -0.136. The third-order valence-electron chi connectivity index (χ3n) is 3.80. The van der Waals surface area contributed by atoms with Crippen LogP contribution in [0.3, 0.4) is 0 Å². The number of nitrogens with zero attached hydrogens (tertiary/aromatic N) is 1. The summed E-state index contributed by atoms with van der Waals surface area (Å²) in [5, 5.41) is 4.16. The predicted octanol–water partition coefficient (Wildman–Crippen LogP) is 4.07. The van der Waals surface area contributed by atoms with Gasteiger partial charge in [0, 0.05) is 23.8 Å². The zero-order chi connectivity index (χ0) is 14.2. The summed E-state index contributed by atoms with van der Waals surface area (Å²) in [5.74, 6) is 0. The van der Waals surface area contributed by atoms with Gasteiger partial charge in [-0.2, -0.15) is 13.2 Å². The molecular formula is C15H15F3N2. The molecule has 0 bridgehead atoms. The molecule has 0 spiro atoms. The molecule has 0 radical (unpaired) electrons. The maximum absolute atomic E-state index is 12.9. The molecule has 0 amide bonds. The first kappa shape index (κ1) is 13.4. The van der Waals surface area contributed by atoms with Crippen LogP contribution in [0.1, 0.15) is 36.4 Å². The van der Waals surface area contributed by atoms with Crippen LogP contribution in [0.2, 0.25) is 0 Å². The first-order valence-electron chi connectivity index (χ1n) is 6.74. The second-order valence-electron chi connectivity index (χ2n) is 5.17. The van der Waals surface area contributed by atoms with Gasteiger partial charge in [-0.05, 0) is 36.4 Å². The minimum atomic E-state index is -4.36. The van der Waals surface area contributed by atoms with Gasteiger partial charge >= 0.3 is 6.18 Å². The molecule has 3 rings (SSSR count). The Kier molecular flexibility index (Phi) is 3.38. The quantitative estimate of drug-likeness (QED) is 0.851. The van der Waals surface area contributed by atoms with E-state index in [1.807, 2.05) is 6.07 Å². The number of rotatable bonds is 1. The van der Waals surface area contributed by atoms with Crippen LogP contribution in [0, 0.1) is 0 Å². The van der Waals surface area contributed by atoms with Crippen molar-refractivity contribution in [3.05, 3.63) is 41.7 Å². The number of piperidine rings is 1. The average Bonchev–Trinajstić information content (AvgIpc) is 2.46. The first-order chi connectivity index (χ1) is 9.55. The first-order valence-corrected chi connectivity index (χ1v) is 6.74. The molecule has 0 saturated carbocycles. The monoisotopic (exact) mass is 280 g/mol. The van der Waals surface area contributed by atoms with Crippen molar-refractivity contribution in [1.82, 2.24) is 10.3 Å². The Hall–Kier alpha value is -1.62. The standard InChI is InChI=1S/C15H15F3N2/c16-15(17,18)13-9-19-8-11-7-10(4-5-12(11)13)14-3-1-2-6-20-14/h4-5,7-9,14,20H,1-3,6H2. The van der Waals surface area contributed by atoms with Crippen LogP contribution in [0.4, 0.5) is 13.2 Å². The summed E-state index contributed by atoms with van der Waals surface area (Å²) in [6, 6.07) is 5.41. The summed E-state index contributed by atoms with van der Waals surface area (Å²) in [5.41, 5.74) is 0.372. The summed E-state index contributed by atoms with van der Waals surface area (Å²) in [6.07, 6.45) is 1.35. The highest BCUT2D eigenvalue weighted by atomic mass is 19.4. The van der Waals surface area contributed by atoms with E-state index in [9.17, 15) is 13.2 Å². The number of halogens is 3. The van der Waals surface area contributed by atoms with Crippen molar-refractivity contribution in [2.45, 2.75) is 31.5 Å². The van der Waals surface area contributed by atoms with E-state index >= 15 is 0 Å². The van der Waals surface area contributed by atoms with E-state index < -0.39 is 11.7 Å². The molecule has 20 heavy (non-hydrogen) atoms. The third-order valence-corrected chi connectivity index (χ3v) is 3.80. The molecule has 1 saturated heterocycles. The van der Waals surface area contributed by atoms with Gasteiger partial charge in [0.15, 0.2) is 0 Å². The Balaban J connectivity index is 2.04. The number of pyridine rings is 1. The maximum Gasteiger partial charge on any atom is 0.418 e. The minimum Gasteiger partial charge on any atom is -0.310 e. The fraction of sp³-hybridized carbons (Fsp3) is 0.400. The number of fused-ring (bicyclic) bond motifs is 1. The second kappa shape index (κ2) is 5.05. The summed E-state index contributed by atoms with van der Waals surface area (Å²) < 4.78 is 38.8. The van der Waals surface area contributed by atoms with Crippen molar-refractivity contribution in [3.63, 3.8) is 0 Å². The molecule has 106 valence electrons. The molecule has 2 aromatic rings. The maximum atomic E-state index is 12.9. The predicted molar refractivity (Wildman–Crippen MR) is 71.3 cm³/mol. The Morgan fingerprint density at radius 1 is 1.15 bits per heavy atom. The van der Waals surface area contributed by atoms with Crippen LogP contribution in [-0.2, 0) is 6.18 Å². The fourth-order valence-electron chi connectivity index (χ4n) is 2.77. The van der Waals surface area contributed by atoms with Crippen molar-refractivity contribution >= 4 is 10.8 Å². The lowest BCUT2D eigenvalue weighted by Gasteiger charge is -2.24. The number of hydrogen-bond acceptors (Lipinski definition) is 2. The zero-order valence-electron chi connectivity index (χ0n) is 10.9. The van der Waals surface area contributed by atoms with Crippen LogP contribution < -0.4 is 5.32 Å². The summed E-state index contributed by atoms with van der Waals surface area (Å²) >= 11 is 0. The van der Waals surface area contributed by atoms with Gasteiger partial charge in [0.05, 0.1) is 5.56 Å². The molecule has 1 N–H and O–H groups in total. The number of hydrogen-bond donors (Lipinski definition) is 1. The average molecular weight is 280 g/mol. The minimum absolute atomic E-state index is 0.215. The molecule has 1 aliphatic rings. The second-order valence-corrected chi connectivity index (χ2v) is 5.17. The topological polar surface area (TPSA) is 24.9 Å². The molecular weight excluding hydrogens is 265 g/mol. The Bertz CT molecular complexity index is 616. The molecule has 2 heterocycles. The van der Waals surface area contributed by atoms with Gasteiger partial charge in [-0.3, -0.25) is 4.98 Å². The highest BCUT2D eigenvalue weighted by Gasteiger charge is 2.33. The van der Waals surface area contributed by atoms with E-state index in [4.69, 9.17) is 0 Å². The van der Waals surface area contributed by atoms with E-state index in [1.54, 1.807) is 12.1 Å². The Morgan fingerprint density at radius 3 is 2.70 bits per heavy atom. The highest BCUT2D eigenvalue weighted by Crippen LogP contribution is 2.35. The highest BCUT2D eigenvalue weighted by molar-refractivity contribution is 5.85. The van der Waals surface area contributed by atoms with Crippen LogP contribution in [0.5, 0.6) is 0 Å². The molecule has 5 heteroatoms. The van der Waals surface area contributed by atoms with E-state index in [0.29, 0.717) is 5.39 Å². The van der Waals surface area contributed by atoms with Gasteiger partial charge in [-0.25, -0.2) is 0 Å². The lowest BCUT2D eigenvalue weighted by Crippen LogP contribution is -2.26. The van der Waals surface area contributed by atoms with Gasteiger partial charge in [0.1, 0.15) is 0 Å². The Labute approximate surface area is 115 Å². The molecule has 1 unspecified atom stereocenters. The number of alkyl halides is 3. The molecule has 1 aliphatic heterocycles. The zero-order valence-corrected chi connectivity index (χ0v) is 10.9. The fourth-order valence-corrected chi connectivity index (χ4v) is 2.77. The molecule has 1 atom stereocenters. The van der Waals surface area contributed by atoms with Crippen LogP contribution in [-0.4, -0.2) is 11.5 Å². The largest absolute Gasteiger partial charge is 0.418 e. The van der Waals surface area contributed by atoms with E-state index in [-0.39, 0.29) is 11.4 Å². The van der Waals surface area contributed by atoms with Crippen molar-refractivity contribution < 1.29 is 13.2 Å². The van der Waals surface area contributed by atoms with E-state index in [0.717, 1.165) is 37.6 Å². The Morgan fingerprint density at radius 2 is 2.00 bits per heavy atom. The molecule has 1 aromatic carbocycles. The summed E-state index contributed by atoms with van der Waals surface area (Å²) in [7, 11) is 0. The normalized spacial score (nSPS) is 20.2. The van der Waals surface area contributed by atoms with Crippen molar-refractivity contribution in [2.75, 3.05) is 6.54 Å². The third kappa shape index (κ3) is 2.50. The van der Waals surface area contributed by atoms with Crippen LogP contribution >= 0.6 is 0 Å². The van der Waals surface area contributed by atoms with E-state index in [2.05, 4.69) is 10.3 Å². The molecule has 1 fully saturated rings. The number of aromatic nitrogens is 1. The van der Waals surface area contributed by atoms with Crippen LogP contribution in [0.25, 0.3) is 10.8 Å². The van der Waals surface area contributed by atoms with E-state index in [1.165, 1.54) is 6.20 Å².